The van der Waals surface area contributed by atoms with Gasteiger partial charge in [0.1, 0.15) is 0 Å². The zero-order chi connectivity index (χ0) is 11.4. The van der Waals surface area contributed by atoms with Crippen LogP contribution in [0.25, 0.3) is 0 Å². The van der Waals surface area contributed by atoms with E-state index in [1.807, 2.05) is 0 Å². The molecule has 1 heteroatoms. The molecule has 0 aliphatic heterocycles. The second-order valence-corrected chi connectivity index (χ2v) is 8.73. The molecule has 0 heterocycles. The van der Waals surface area contributed by atoms with Gasteiger partial charge in [-0.25, -0.2) is 0 Å². The van der Waals surface area contributed by atoms with Crippen molar-refractivity contribution in [2.75, 3.05) is 0 Å². The molecule has 0 N–H and O–H groups in total. The average Bonchev–Trinajstić information content (AvgIpc) is 2.20. The lowest BCUT2D eigenvalue weighted by atomic mass is 10.1. The maximum atomic E-state index is 2.47. The topological polar surface area (TPSA) is 0 Å². The summed E-state index contributed by atoms with van der Waals surface area (Å²) in [6.45, 7) is 2.29. The van der Waals surface area contributed by atoms with E-state index in [0.717, 1.165) is 0 Å². The zero-order valence-electron chi connectivity index (χ0n) is 11.4. The molecule has 0 saturated carbocycles. The first kappa shape index (κ1) is 15.5. The molecule has 0 nitrogen and oxygen atoms in total. The summed E-state index contributed by atoms with van der Waals surface area (Å²) in [5.74, 6) is 4.93. The fraction of sp³-hybridized carbons (Fsp3) is 1.00. The second-order valence-electron chi connectivity index (χ2n) is 5.36. The Balaban J connectivity index is 2.87. The highest BCUT2D eigenvalue weighted by Crippen LogP contribution is 2.11. The van der Waals surface area contributed by atoms with Crippen molar-refractivity contribution >= 4 is 14.1 Å². The number of hydrogen-bond donors (Lipinski definition) is 0. The highest BCUT2D eigenvalue weighted by Gasteiger charge is 2.00. The largest absolute Gasteiger partial charge is 0.255 e. The van der Waals surface area contributed by atoms with Crippen LogP contribution in [-0.4, -0.2) is 14.1 Å². The van der Waals surface area contributed by atoms with Crippen molar-refractivity contribution in [3.63, 3.8) is 0 Å². The van der Waals surface area contributed by atoms with Gasteiger partial charge in [0.25, 0.3) is 14.1 Å². The quantitative estimate of drug-likeness (QED) is 0.315. The minimum absolute atomic E-state index is 0.249. The van der Waals surface area contributed by atoms with Crippen LogP contribution in [0.15, 0.2) is 0 Å². The molecule has 0 spiro atoms. The van der Waals surface area contributed by atoms with Gasteiger partial charge in [0.2, 0.25) is 0 Å². The van der Waals surface area contributed by atoms with Gasteiger partial charge >= 0.3 is 0 Å². The molecular weight excluding hydrogens is 195 g/mol. The molecule has 0 saturated heterocycles. The summed E-state index contributed by atoms with van der Waals surface area (Å²) in [6, 6.07) is 0. The molecule has 0 aliphatic carbocycles. The molecule has 0 radical (unpaired) electrons. The number of rotatable bonds is 11. The van der Waals surface area contributed by atoms with Gasteiger partial charge in [-0.3, -0.25) is 0 Å². The fourth-order valence-corrected chi connectivity index (χ4v) is 3.15. The molecule has 0 rings (SSSR count). The monoisotopic (exact) mass is 226 g/mol. The summed E-state index contributed by atoms with van der Waals surface area (Å²) < 4.78 is 0. The van der Waals surface area contributed by atoms with E-state index < -0.39 is 0 Å². The van der Waals surface area contributed by atoms with Crippen molar-refractivity contribution in [3.05, 3.63) is 0 Å². The second kappa shape index (κ2) is 12.6. The SMILES string of the molecule is CCCCCCCCCCC[CH2][Al]([CH3])[CH3]. The third-order valence-electron chi connectivity index (χ3n) is 3.14. The van der Waals surface area contributed by atoms with Crippen LogP contribution in [0.5, 0.6) is 0 Å². The lowest BCUT2D eigenvalue weighted by Crippen LogP contribution is -1.97. The third-order valence-corrected chi connectivity index (χ3v) is 4.70. The van der Waals surface area contributed by atoms with Gasteiger partial charge in [0.15, 0.2) is 0 Å². The Hall–Kier alpha value is 0.532. The Morgan fingerprint density at radius 3 is 1.40 bits per heavy atom. The van der Waals surface area contributed by atoms with Gasteiger partial charge in [-0.15, -0.1) is 11.6 Å². The van der Waals surface area contributed by atoms with Crippen LogP contribution in [-0.2, 0) is 0 Å². The Morgan fingerprint density at radius 1 is 0.600 bits per heavy atom. The van der Waals surface area contributed by atoms with Gasteiger partial charge in [-0.2, -0.15) is 0 Å². The lowest BCUT2D eigenvalue weighted by molar-refractivity contribution is 0.562. The van der Waals surface area contributed by atoms with E-state index in [0.29, 0.717) is 0 Å². The number of hydrogen-bond acceptors (Lipinski definition) is 0. The fourth-order valence-electron chi connectivity index (χ4n) is 2.04. The minimum atomic E-state index is -0.249. The van der Waals surface area contributed by atoms with Crippen LogP contribution in [0.3, 0.4) is 0 Å². The first-order valence-corrected chi connectivity index (χ1v) is 10.4. The van der Waals surface area contributed by atoms with Gasteiger partial charge in [-0.1, -0.05) is 76.4 Å². The summed E-state index contributed by atoms with van der Waals surface area (Å²) in [5.41, 5.74) is 0. The maximum absolute atomic E-state index is 2.47. The average molecular weight is 226 g/mol. The Kier molecular flexibility index (Phi) is 13.0. The summed E-state index contributed by atoms with van der Waals surface area (Å²) in [4.78, 5) is 0. The summed E-state index contributed by atoms with van der Waals surface area (Å²) >= 11 is -0.249. The molecule has 0 amide bonds. The van der Waals surface area contributed by atoms with Crippen LogP contribution in [0.2, 0.25) is 16.9 Å². The first-order chi connectivity index (χ1) is 7.27. The van der Waals surface area contributed by atoms with E-state index in [-0.39, 0.29) is 14.1 Å². The van der Waals surface area contributed by atoms with Gasteiger partial charge in [0.05, 0.1) is 0 Å². The van der Waals surface area contributed by atoms with Crippen LogP contribution in [0, 0.1) is 0 Å². The van der Waals surface area contributed by atoms with Crippen molar-refractivity contribution in [2.24, 2.45) is 0 Å². The van der Waals surface area contributed by atoms with E-state index in [4.69, 9.17) is 0 Å². The van der Waals surface area contributed by atoms with Crippen LogP contribution in [0.1, 0.15) is 71.1 Å². The van der Waals surface area contributed by atoms with E-state index in [9.17, 15) is 0 Å². The molecule has 90 valence electrons. The maximum Gasteiger partial charge on any atom is 0.255 e. The molecule has 0 fully saturated rings. The van der Waals surface area contributed by atoms with Crippen molar-refractivity contribution in [3.8, 4) is 0 Å². The molecule has 0 bridgehead atoms. The molecule has 0 aromatic carbocycles. The predicted octanol–water partition coefficient (Wildman–Crippen LogP) is 5.66. The van der Waals surface area contributed by atoms with Crippen molar-refractivity contribution in [1.82, 2.24) is 0 Å². The third kappa shape index (κ3) is 14.5. The molecule has 0 aromatic rings. The van der Waals surface area contributed by atoms with Crippen LogP contribution < -0.4 is 0 Å². The van der Waals surface area contributed by atoms with Gasteiger partial charge in [0, 0.05) is 0 Å². The van der Waals surface area contributed by atoms with Crippen LogP contribution >= 0.6 is 0 Å². The van der Waals surface area contributed by atoms with Crippen molar-refractivity contribution in [1.29, 1.82) is 0 Å². The summed E-state index contributed by atoms with van der Waals surface area (Å²) in [5, 5.41) is 1.57. The summed E-state index contributed by atoms with van der Waals surface area (Å²) in [6.07, 6.45) is 14.7. The molecular formula is C14H31Al. The summed E-state index contributed by atoms with van der Waals surface area (Å²) in [7, 11) is 0. The van der Waals surface area contributed by atoms with Gasteiger partial charge < -0.3 is 0 Å². The van der Waals surface area contributed by atoms with E-state index >= 15 is 0 Å². The van der Waals surface area contributed by atoms with E-state index in [1.54, 1.807) is 5.28 Å². The van der Waals surface area contributed by atoms with Crippen molar-refractivity contribution < 1.29 is 0 Å². The molecule has 0 aromatic heterocycles. The molecule has 15 heavy (non-hydrogen) atoms. The normalized spacial score (nSPS) is 10.6. The lowest BCUT2D eigenvalue weighted by Gasteiger charge is -2.02. The standard InChI is InChI=1S/C12H25.2CH3.Al/c1-3-5-7-9-11-12-10-8-6-4-2;;;/h1,3-12H2,2H3;2*1H3;. The Bertz CT molecular complexity index is 110. The predicted molar refractivity (Wildman–Crippen MR) is 74.1 cm³/mol. The van der Waals surface area contributed by atoms with E-state index in [2.05, 4.69) is 18.5 Å². The zero-order valence-corrected chi connectivity index (χ0v) is 12.5. The van der Waals surface area contributed by atoms with E-state index in [1.165, 1.54) is 64.2 Å². The van der Waals surface area contributed by atoms with Gasteiger partial charge in [-0.05, 0) is 0 Å². The highest BCUT2D eigenvalue weighted by molar-refractivity contribution is 6.55. The van der Waals surface area contributed by atoms with Crippen LogP contribution in [0.4, 0.5) is 0 Å². The molecule has 0 aliphatic rings. The minimum Gasteiger partial charge on any atom is -0.106 e. The number of unbranched alkanes of at least 4 members (excludes halogenated alkanes) is 9. The Labute approximate surface area is 102 Å². The highest BCUT2D eigenvalue weighted by atomic mass is 27.2. The first-order valence-electron chi connectivity index (χ1n) is 7.27. The molecule has 0 unspecified atom stereocenters. The smallest absolute Gasteiger partial charge is 0.106 e. The molecule has 0 atom stereocenters. The van der Waals surface area contributed by atoms with Crippen molar-refractivity contribution in [2.45, 2.75) is 88.0 Å². The Morgan fingerprint density at radius 2 is 1.00 bits per heavy atom.